The van der Waals surface area contributed by atoms with Crippen LogP contribution in [0.4, 0.5) is 5.69 Å². The smallest absolute Gasteiger partial charge is 0.119 e. The van der Waals surface area contributed by atoms with Crippen LogP contribution in [-0.4, -0.2) is 19.1 Å². The van der Waals surface area contributed by atoms with Crippen LogP contribution < -0.4 is 9.64 Å². The molecule has 1 fully saturated rings. The maximum Gasteiger partial charge on any atom is 0.119 e. The average Bonchev–Trinajstić information content (AvgIpc) is 2.97. The molecule has 2 aromatic carbocycles. The molecule has 3 heteroatoms. The lowest BCUT2D eigenvalue weighted by molar-refractivity contribution is 0.346. The lowest BCUT2D eigenvalue weighted by Crippen LogP contribution is -2.15. The van der Waals surface area contributed by atoms with E-state index in [0.29, 0.717) is 0 Å². The molecular weight excluding hydrogens is 440 g/mol. The third-order valence-electron chi connectivity index (χ3n) is 7.83. The van der Waals surface area contributed by atoms with E-state index in [1.807, 2.05) is 13.0 Å². The van der Waals surface area contributed by atoms with Gasteiger partial charge in [-0.25, -0.2) is 0 Å². The fraction of sp³-hybridized carbons (Fsp3) is 0.394. The highest BCUT2D eigenvalue weighted by atomic mass is 16.5. The summed E-state index contributed by atoms with van der Waals surface area (Å²) in [5, 5.41) is 0. The van der Waals surface area contributed by atoms with Gasteiger partial charge in [-0.3, -0.25) is 4.98 Å². The molecule has 36 heavy (non-hydrogen) atoms. The Morgan fingerprint density at radius 3 is 2.42 bits per heavy atom. The molecule has 1 aliphatic heterocycles. The predicted molar refractivity (Wildman–Crippen MR) is 152 cm³/mol. The number of benzene rings is 2. The van der Waals surface area contributed by atoms with Crippen molar-refractivity contribution < 1.29 is 4.74 Å². The van der Waals surface area contributed by atoms with Crippen LogP contribution >= 0.6 is 0 Å². The van der Waals surface area contributed by atoms with Gasteiger partial charge in [0.15, 0.2) is 0 Å². The third-order valence-corrected chi connectivity index (χ3v) is 7.83. The fourth-order valence-electron chi connectivity index (χ4n) is 5.58. The topological polar surface area (TPSA) is 25.4 Å². The van der Waals surface area contributed by atoms with Gasteiger partial charge in [-0.15, -0.1) is 5.73 Å². The molecule has 2 aliphatic rings. The van der Waals surface area contributed by atoms with Crippen molar-refractivity contribution in [2.24, 2.45) is 5.92 Å². The molecule has 0 spiro atoms. The van der Waals surface area contributed by atoms with E-state index < -0.39 is 0 Å². The molecule has 0 N–H and O–H groups in total. The second kappa shape index (κ2) is 11.2. The van der Waals surface area contributed by atoms with Gasteiger partial charge in [0.25, 0.3) is 0 Å². The standard InChI is InChI=1S/C19H20N2.C14H20O/c1-6-17-16-11-12(2)7-9-15(16)14(4)19-18(21(17)5)10-8-13(3)20-19;1-11-6-8-12(9-7-11)13-4-3-5-14(10-13)15-2/h7-11,14H,1H2,2-5H3;3-5,10-12H,6-9H2,1-2H3. The minimum atomic E-state index is 0.254. The number of ether oxygens (including phenoxy) is 1. The van der Waals surface area contributed by atoms with E-state index in [2.05, 4.69) is 93.6 Å². The average molecular weight is 481 g/mol. The van der Waals surface area contributed by atoms with Crippen molar-refractivity contribution in [1.29, 1.82) is 0 Å². The molecular formula is C33H40N2O. The van der Waals surface area contributed by atoms with Gasteiger partial charge < -0.3 is 9.64 Å². The quantitative estimate of drug-likeness (QED) is 0.344. The van der Waals surface area contributed by atoms with Crippen LogP contribution in [0.2, 0.25) is 0 Å². The molecule has 0 radical (unpaired) electrons. The molecule has 5 rings (SSSR count). The SMILES string of the molecule is C=C=C1c2cc(C)ccc2C(C)c2nc(C)ccc2N1C.COc1cccc(C2CCC(C)CC2)c1. The van der Waals surface area contributed by atoms with E-state index >= 15 is 0 Å². The Hall–Kier alpha value is -3.29. The zero-order valence-corrected chi connectivity index (χ0v) is 22.8. The van der Waals surface area contributed by atoms with E-state index in [1.54, 1.807) is 7.11 Å². The fourth-order valence-corrected chi connectivity index (χ4v) is 5.58. The van der Waals surface area contributed by atoms with Crippen LogP contribution in [-0.2, 0) is 0 Å². The van der Waals surface area contributed by atoms with Crippen LogP contribution in [0.1, 0.15) is 85.0 Å². The second-order valence-electron chi connectivity index (χ2n) is 10.5. The minimum absolute atomic E-state index is 0.254. The highest BCUT2D eigenvalue weighted by Gasteiger charge is 2.27. The first-order valence-electron chi connectivity index (χ1n) is 13.2. The molecule has 0 bridgehead atoms. The number of fused-ring (bicyclic) bond motifs is 2. The first kappa shape index (κ1) is 25.8. The van der Waals surface area contributed by atoms with Gasteiger partial charge in [0, 0.05) is 24.2 Å². The normalized spacial score (nSPS) is 20.8. The molecule has 1 aliphatic carbocycles. The number of nitrogens with zero attached hydrogens (tertiary/aromatic N) is 2. The molecule has 1 saturated carbocycles. The van der Waals surface area contributed by atoms with E-state index in [-0.39, 0.29) is 5.92 Å². The van der Waals surface area contributed by atoms with Gasteiger partial charge in [-0.1, -0.05) is 63.1 Å². The molecule has 1 unspecified atom stereocenters. The Bertz CT molecular complexity index is 1260. The Morgan fingerprint density at radius 2 is 1.72 bits per heavy atom. The zero-order chi connectivity index (χ0) is 25.8. The Kier molecular flexibility index (Phi) is 8.01. The van der Waals surface area contributed by atoms with Crippen LogP contribution in [0.3, 0.4) is 0 Å². The van der Waals surface area contributed by atoms with E-state index in [9.17, 15) is 0 Å². The van der Waals surface area contributed by atoms with Crippen LogP contribution in [0, 0.1) is 19.8 Å². The van der Waals surface area contributed by atoms with E-state index in [1.165, 1.54) is 47.9 Å². The van der Waals surface area contributed by atoms with Crippen molar-refractivity contribution in [2.75, 3.05) is 19.1 Å². The number of pyridine rings is 1. The maximum absolute atomic E-state index is 5.27. The summed E-state index contributed by atoms with van der Waals surface area (Å²) in [5.74, 6) is 2.93. The summed E-state index contributed by atoms with van der Waals surface area (Å²) in [6.07, 6.45) is 5.44. The number of aryl methyl sites for hydroxylation is 2. The number of aromatic nitrogens is 1. The largest absolute Gasteiger partial charge is 0.497 e. The predicted octanol–water partition coefficient (Wildman–Crippen LogP) is 8.41. The molecule has 0 amide bonds. The lowest BCUT2D eigenvalue weighted by Gasteiger charge is -2.26. The van der Waals surface area contributed by atoms with Gasteiger partial charge in [0.05, 0.1) is 24.2 Å². The summed E-state index contributed by atoms with van der Waals surface area (Å²) in [7, 11) is 3.80. The lowest BCUT2D eigenvalue weighted by atomic mass is 9.79. The van der Waals surface area contributed by atoms with Crippen molar-refractivity contribution in [3.05, 3.63) is 101 Å². The summed E-state index contributed by atoms with van der Waals surface area (Å²) < 4.78 is 5.27. The molecule has 3 nitrogen and oxygen atoms in total. The molecule has 188 valence electrons. The summed E-state index contributed by atoms with van der Waals surface area (Å²) in [6, 6.07) is 19.4. The minimum Gasteiger partial charge on any atom is -0.497 e. The summed E-state index contributed by atoms with van der Waals surface area (Å²) >= 11 is 0. The summed E-state index contributed by atoms with van der Waals surface area (Å²) in [4.78, 5) is 6.94. The highest BCUT2D eigenvalue weighted by Crippen LogP contribution is 2.41. The van der Waals surface area contributed by atoms with Crippen molar-refractivity contribution in [1.82, 2.24) is 4.98 Å². The van der Waals surface area contributed by atoms with Gasteiger partial charge in [-0.2, -0.15) is 0 Å². The summed E-state index contributed by atoms with van der Waals surface area (Å²) in [5.41, 5.74) is 12.6. The van der Waals surface area contributed by atoms with Gasteiger partial charge in [-0.05, 0) is 80.0 Å². The van der Waals surface area contributed by atoms with Crippen molar-refractivity contribution in [2.45, 2.75) is 65.2 Å². The Labute approximate surface area is 217 Å². The van der Waals surface area contributed by atoms with Crippen molar-refractivity contribution in [3.63, 3.8) is 0 Å². The van der Waals surface area contributed by atoms with Crippen LogP contribution in [0.15, 0.2) is 66.9 Å². The second-order valence-corrected chi connectivity index (χ2v) is 10.5. The number of hydrogen-bond acceptors (Lipinski definition) is 3. The van der Waals surface area contributed by atoms with Gasteiger partial charge >= 0.3 is 0 Å². The van der Waals surface area contributed by atoms with Crippen molar-refractivity contribution in [3.8, 4) is 5.75 Å². The molecule has 0 saturated heterocycles. The zero-order valence-electron chi connectivity index (χ0n) is 22.8. The Morgan fingerprint density at radius 1 is 0.972 bits per heavy atom. The van der Waals surface area contributed by atoms with Crippen molar-refractivity contribution >= 4 is 11.4 Å². The molecule has 3 aromatic rings. The number of rotatable bonds is 2. The molecule has 1 aromatic heterocycles. The number of methoxy groups -OCH3 is 1. The van der Waals surface area contributed by atoms with Gasteiger partial charge in [0.1, 0.15) is 5.75 Å². The van der Waals surface area contributed by atoms with E-state index in [0.717, 1.165) is 40.4 Å². The Balaban J connectivity index is 0.000000179. The maximum atomic E-state index is 5.27. The van der Waals surface area contributed by atoms with E-state index in [4.69, 9.17) is 9.72 Å². The van der Waals surface area contributed by atoms with Crippen LogP contribution in [0.5, 0.6) is 5.75 Å². The first-order valence-corrected chi connectivity index (χ1v) is 13.2. The number of hydrogen-bond donors (Lipinski definition) is 0. The number of anilines is 1. The summed E-state index contributed by atoms with van der Waals surface area (Å²) in [6.45, 7) is 12.6. The molecule has 1 atom stereocenters. The first-order chi connectivity index (χ1) is 17.3. The van der Waals surface area contributed by atoms with Crippen LogP contribution in [0.25, 0.3) is 5.70 Å². The monoisotopic (exact) mass is 480 g/mol. The highest BCUT2D eigenvalue weighted by molar-refractivity contribution is 5.84. The molecule has 2 heterocycles. The van der Waals surface area contributed by atoms with Gasteiger partial charge in [0.2, 0.25) is 0 Å². The third kappa shape index (κ3) is 5.42.